The normalized spacial score (nSPS) is 31.8. The third-order valence-electron chi connectivity index (χ3n) is 1.95. The van der Waals surface area contributed by atoms with Gasteiger partial charge in [-0.15, -0.1) is 3.89 Å². The van der Waals surface area contributed by atoms with Gasteiger partial charge in [0.1, 0.15) is 5.75 Å². The van der Waals surface area contributed by atoms with Crippen molar-refractivity contribution >= 4 is 10.2 Å². The smallest absolute Gasteiger partial charge is 0.304 e. The minimum atomic E-state index is -4.37. The fraction of sp³-hybridized carbons (Fsp3) is 1.00. The van der Waals surface area contributed by atoms with Crippen LogP contribution in [-0.4, -0.2) is 26.4 Å². The molecule has 1 aliphatic heterocycles. The third kappa shape index (κ3) is 3.49. The SMILES string of the molecule is C[C@@H]1CCC[C@@H](CS(=O)(=O)F)O1. The summed E-state index contributed by atoms with van der Waals surface area (Å²) < 4.78 is 38.0. The van der Waals surface area contributed by atoms with Crippen molar-refractivity contribution in [1.82, 2.24) is 0 Å². The van der Waals surface area contributed by atoms with Crippen molar-refractivity contribution in [2.24, 2.45) is 0 Å². The van der Waals surface area contributed by atoms with Crippen LogP contribution in [0.4, 0.5) is 3.89 Å². The molecule has 0 amide bonds. The van der Waals surface area contributed by atoms with E-state index >= 15 is 0 Å². The molecule has 0 aromatic rings. The average Bonchev–Trinajstić information content (AvgIpc) is 1.82. The molecule has 0 aromatic carbocycles. The van der Waals surface area contributed by atoms with Crippen molar-refractivity contribution in [3.05, 3.63) is 0 Å². The summed E-state index contributed by atoms with van der Waals surface area (Å²) >= 11 is 0. The Hall–Kier alpha value is -0.160. The first-order valence-corrected chi connectivity index (χ1v) is 5.60. The van der Waals surface area contributed by atoms with E-state index in [0.717, 1.165) is 12.8 Å². The maximum absolute atomic E-state index is 12.2. The lowest BCUT2D eigenvalue weighted by Crippen LogP contribution is -2.30. The van der Waals surface area contributed by atoms with Crippen LogP contribution in [0.2, 0.25) is 0 Å². The molecule has 1 heterocycles. The Morgan fingerprint density at radius 1 is 1.50 bits per heavy atom. The van der Waals surface area contributed by atoms with Crippen molar-refractivity contribution < 1.29 is 17.0 Å². The number of hydrogen-bond acceptors (Lipinski definition) is 3. The van der Waals surface area contributed by atoms with Crippen LogP contribution < -0.4 is 0 Å². The predicted octanol–water partition coefficient (Wildman–Crippen LogP) is 1.24. The van der Waals surface area contributed by atoms with E-state index < -0.39 is 22.1 Å². The van der Waals surface area contributed by atoms with Crippen LogP contribution in [0.3, 0.4) is 0 Å². The highest BCUT2D eigenvalue weighted by Gasteiger charge is 2.24. The average molecular weight is 196 g/mol. The first kappa shape index (κ1) is 9.92. The van der Waals surface area contributed by atoms with Crippen LogP contribution in [0.5, 0.6) is 0 Å². The minimum absolute atomic E-state index is 0.0606. The Kier molecular flexibility index (Phi) is 3.06. The Bertz CT molecular complexity index is 237. The van der Waals surface area contributed by atoms with E-state index in [0.29, 0.717) is 6.42 Å². The van der Waals surface area contributed by atoms with Gasteiger partial charge in [-0.3, -0.25) is 0 Å². The fourth-order valence-electron chi connectivity index (χ4n) is 1.44. The van der Waals surface area contributed by atoms with E-state index in [9.17, 15) is 12.3 Å². The Balaban J connectivity index is 2.43. The highest BCUT2D eigenvalue weighted by molar-refractivity contribution is 7.86. The molecular formula is C7H13FO3S. The first-order valence-electron chi connectivity index (χ1n) is 4.05. The maximum Gasteiger partial charge on any atom is 0.304 e. The Labute approximate surface area is 72.1 Å². The van der Waals surface area contributed by atoms with Gasteiger partial charge < -0.3 is 4.74 Å². The lowest BCUT2D eigenvalue weighted by molar-refractivity contribution is -0.0277. The van der Waals surface area contributed by atoms with Gasteiger partial charge in [-0.1, -0.05) is 0 Å². The predicted molar refractivity (Wildman–Crippen MR) is 43.1 cm³/mol. The third-order valence-corrected chi connectivity index (χ3v) is 2.72. The van der Waals surface area contributed by atoms with Crippen LogP contribution in [-0.2, 0) is 15.0 Å². The molecule has 1 rings (SSSR count). The van der Waals surface area contributed by atoms with Crippen molar-refractivity contribution in [2.75, 3.05) is 5.75 Å². The monoisotopic (exact) mass is 196 g/mol. The molecule has 0 aliphatic carbocycles. The van der Waals surface area contributed by atoms with Crippen LogP contribution in [0, 0.1) is 0 Å². The Morgan fingerprint density at radius 2 is 2.17 bits per heavy atom. The van der Waals surface area contributed by atoms with Gasteiger partial charge in [0.2, 0.25) is 0 Å². The molecule has 0 saturated carbocycles. The number of ether oxygens (including phenoxy) is 1. The number of halogens is 1. The summed E-state index contributed by atoms with van der Waals surface area (Å²) in [5, 5.41) is 0. The quantitative estimate of drug-likeness (QED) is 0.624. The summed E-state index contributed by atoms with van der Waals surface area (Å²) in [5.74, 6) is -0.489. The van der Waals surface area contributed by atoms with Crippen LogP contribution >= 0.6 is 0 Å². The molecule has 0 N–H and O–H groups in total. The fourth-order valence-corrected chi connectivity index (χ4v) is 2.13. The number of rotatable bonds is 2. The molecule has 12 heavy (non-hydrogen) atoms. The molecule has 2 atom stereocenters. The summed E-state index contributed by atoms with van der Waals surface area (Å²) in [5.41, 5.74) is 0. The van der Waals surface area contributed by atoms with Gasteiger partial charge in [0.15, 0.2) is 0 Å². The van der Waals surface area contributed by atoms with Crippen LogP contribution in [0.25, 0.3) is 0 Å². The van der Waals surface area contributed by atoms with Crippen molar-refractivity contribution in [3.63, 3.8) is 0 Å². The van der Waals surface area contributed by atoms with E-state index in [1.165, 1.54) is 0 Å². The summed E-state index contributed by atoms with van der Waals surface area (Å²) in [6.45, 7) is 1.87. The number of hydrogen-bond donors (Lipinski definition) is 0. The van der Waals surface area contributed by atoms with Crippen LogP contribution in [0.1, 0.15) is 26.2 Å². The van der Waals surface area contributed by atoms with Gasteiger partial charge in [0.25, 0.3) is 0 Å². The second-order valence-corrected chi connectivity index (χ2v) is 4.62. The van der Waals surface area contributed by atoms with Gasteiger partial charge in [-0.25, -0.2) is 0 Å². The lowest BCUT2D eigenvalue weighted by atomic mass is 10.1. The topological polar surface area (TPSA) is 43.4 Å². The molecule has 0 spiro atoms. The molecule has 72 valence electrons. The standard InChI is InChI=1S/C7H13FO3S/c1-6-3-2-4-7(11-6)5-12(8,9)10/h6-7H,2-5H2,1H3/t6-,7+/m1/s1. The van der Waals surface area contributed by atoms with E-state index in [2.05, 4.69) is 0 Å². The molecule has 1 saturated heterocycles. The summed E-state index contributed by atoms with van der Waals surface area (Å²) in [6, 6.07) is 0. The first-order chi connectivity index (χ1) is 5.47. The minimum Gasteiger partial charge on any atom is -0.374 e. The Morgan fingerprint density at radius 3 is 2.67 bits per heavy atom. The van der Waals surface area contributed by atoms with Gasteiger partial charge in [0.05, 0.1) is 12.2 Å². The van der Waals surface area contributed by atoms with Crippen molar-refractivity contribution in [2.45, 2.75) is 38.4 Å². The molecular weight excluding hydrogens is 183 g/mol. The molecule has 1 aliphatic rings. The van der Waals surface area contributed by atoms with Gasteiger partial charge in [-0.05, 0) is 26.2 Å². The molecule has 0 radical (unpaired) electrons. The van der Waals surface area contributed by atoms with E-state index in [1.54, 1.807) is 0 Å². The second-order valence-electron chi connectivity index (χ2n) is 3.21. The maximum atomic E-state index is 12.2. The molecule has 3 nitrogen and oxygen atoms in total. The highest BCUT2D eigenvalue weighted by Crippen LogP contribution is 2.19. The van der Waals surface area contributed by atoms with Gasteiger partial charge >= 0.3 is 10.2 Å². The van der Waals surface area contributed by atoms with Crippen molar-refractivity contribution in [1.29, 1.82) is 0 Å². The zero-order valence-corrected chi connectivity index (χ0v) is 7.81. The molecule has 1 fully saturated rings. The highest BCUT2D eigenvalue weighted by atomic mass is 32.3. The van der Waals surface area contributed by atoms with E-state index in [-0.39, 0.29) is 6.10 Å². The molecule has 0 aromatic heterocycles. The molecule has 5 heteroatoms. The van der Waals surface area contributed by atoms with Gasteiger partial charge in [0, 0.05) is 0 Å². The zero-order chi connectivity index (χ0) is 9.19. The molecule has 0 unspecified atom stereocenters. The summed E-state index contributed by atoms with van der Waals surface area (Å²) in [6.07, 6.45) is 2.12. The largest absolute Gasteiger partial charge is 0.374 e. The van der Waals surface area contributed by atoms with E-state index in [4.69, 9.17) is 4.74 Å². The molecule has 0 bridgehead atoms. The van der Waals surface area contributed by atoms with E-state index in [1.807, 2.05) is 6.92 Å². The van der Waals surface area contributed by atoms with Crippen LogP contribution in [0.15, 0.2) is 0 Å². The summed E-state index contributed by atoms with van der Waals surface area (Å²) in [7, 11) is -4.37. The van der Waals surface area contributed by atoms with Gasteiger partial charge in [-0.2, -0.15) is 8.42 Å². The second kappa shape index (κ2) is 3.70. The van der Waals surface area contributed by atoms with Crippen molar-refractivity contribution in [3.8, 4) is 0 Å². The zero-order valence-electron chi connectivity index (χ0n) is 6.99. The lowest BCUT2D eigenvalue weighted by Gasteiger charge is -2.26. The summed E-state index contributed by atoms with van der Waals surface area (Å²) in [4.78, 5) is 0.